The Bertz CT molecular complexity index is 275. The fourth-order valence-electron chi connectivity index (χ4n) is 2.53. The van der Waals surface area contributed by atoms with Crippen molar-refractivity contribution in [3.05, 3.63) is 11.8 Å². The van der Waals surface area contributed by atoms with E-state index in [2.05, 4.69) is 52.5 Å². The Hall–Kier alpha value is -0.790. The van der Waals surface area contributed by atoms with Gasteiger partial charge in [-0.3, -0.25) is 4.79 Å². The number of hydrogen-bond acceptors (Lipinski definition) is 2. The number of allylic oxidation sites excluding steroid dienone is 2. The molecule has 2 heteroatoms. The topological polar surface area (TPSA) is 20.3 Å². The monoisotopic (exact) mass is 209 g/mol. The second kappa shape index (κ2) is 3.66. The summed E-state index contributed by atoms with van der Waals surface area (Å²) in [6, 6.07) is 0. The first-order valence-corrected chi connectivity index (χ1v) is 5.68. The van der Waals surface area contributed by atoms with E-state index in [0.29, 0.717) is 12.2 Å². The molecule has 0 radical (unpaired) electrons. The maximum absolute atomic E-state index is 11.8. The van der Waals surface area contributed by atoms with Gasteiger partial charge in [0.15, 0.2) is 5.78 Å². The molecular weight excluding hydrogens is 186 g/mol. The average molecular weight is 209 g/mol. The molecular formula is C13H23NO. The molecule has 0 unspecified atom stereocenters. The Morgan fingerprint density at radius 1 is 1.07 bits per heavy atom. The van der Waals surface area contributed by atoms with Gasteiger partial charge in [-0.2, -0.15) is 0 Å². The van der Waals surface area contributed by atoms with Crippen LogP contribution in [0, 0.1) is 0 Å². The summed E-state index contributed by atoms with van der Waals surface area (Å²) in [4.78, 5) is 14.0. The van der Waals surface area contributed by atoms with Gasteiger partial charge in [0.05, 0.1) is 5.70 Å². The summed E-state index contributed by atoms with van der Waals surface area (Å²) in [6.45, 7) is 12.9. The Morgan fingerprint density at radius 2 is 1.53 bits per heavy atom. The maximum atomic E-state index is 11.8. The van der Waals surface area contributed by atoms with Crippen molar-refractivity contribution >= 4 is 5.78 Å². The van der Waals surface area contributed by atoms with Gasteiger partial charge in [-0.25, -0.2) is 0 Å². The van der Waals surface area contributed by atoms with Crippen molar-refractivity contribution in [1.29, 1.82) is 0 Å². The smallest absolute Gasteiger partial charge is 0.178 e. The summed E-state index contributed by atoms with van der Waals surface area (Å²) in [6.07, 6.45) is 3.66. The molecule has 0 aromatic rings. The van der Waals surface area contributed by atoms with Crippen molar-refractivity contribution in [2.45, 2.75) is 65.5 Å². The molecule has 0 aromatic heterocycles. The van der Waals surface area contributed by atoms with Crippen LogP contribution in [0.3, 0.4) is 0 Å². The summed E-state index contributed by atoms with van der Waals surface area (Å²) < 4.78 is 0. The summed E-state index contributed by atoms with van der Waals surface area (Å²) in [5.41, 5.74) is 0.892. The first-order valence-electron chi connectivity index (χ1n) is 5.68. The van der Waals surface area contributed by atoms with Crippen LogP contribution >= 0.6 is 0 Å². The van der Waals surface area contributed by atoms with E-state index in [9.17, 15) is 4.79 Å². The van der Waals surface area contributed by atoms with Crippen LogP contribution in [0.1, 0.15) is 54.4 Å². The van der Waals surface area contributed by atoms with Gasteiger partial charge < -0.3 is 4.90 Å². The molecule has 86 valence electrons. The highest BCUT2D eigenvalue weighted by Crippen LogP contribution is 2.33. The Kier molecular flexibility index (Phi) is 2.99. The number of rotatable bonds is 1. The molecule has 1 rings (SSSR count). The van der Waals surface area contributed by atoms with E-state index in [1.807, 2.05) is 0 Å². The molecule has 0 saturated heterocycles. The second-order valence-electron chi connectivity index (χ2n) is 6.23. The van der Waals surface area contributed by atoms with E-state index in [1.54, 1.807) is 0 Å². The van der Waals surface area contributed by atoms with Gasteiger partial charge in [0.1, 0.15) is 0 Å². The summed E-state index contributed by atoms with van der Waals surface area (Å²) >= 11 is 0. The third kappa shape index (κ3) is 2.61. The SMILES string of the molecule is CC(C)(C)N(C1=CCCC1=O)C(C)(C)C. The molecule has 0 atom stereocenters. The molecule has 2 nitrogen and oxygen atoms in total. The van der Waals surface area contributed by atoms with Crippen molar-refractivity contribution < 1.29 is 4.79 Å². The van der Waals surface area contributed by atoms with Crippen molar-refractivity contribution in [1.82, 2.24) is 4.90 Å². The molecule has 1 aliphatic carbocycles. The van der Waals surface area contributed by atoms with Crippen LogP contribution in [-0.4, -0.2) is 21.8 Å². The zero-order valence-corrected chi connectivity index (χ0v) is 10.8. The average Bonchev–Trinajstić information content (AvgIpc) is 2.30. The lowest BCUT2D eigenvalue weighted by molar-refractivity contribution is -0.118. The predicted octanol–water partition coefficient (Wildman–Crippen LogP) is 3.13. The van der Waals surface area contributed by atoms with Crippen molar-refractivity contribution in [3.63, 3.8) is 0 Å². The van der Waals surface area contributed by atoms with E-state index in [4.69, 9.17) is 0 Å². The molecule has 0 N–H and O–H groups in total. The molecule has 0 saturated carbocycles. The number of hydrogen-bond donors (Lipinski definition) is 0. The molecule has 0 heterocycles. The minimum atomic E-state index is -0.00984. The van der Waals surface area contributed by atoms with Gasteiger partial charge in [-0.1, -0.05) is 6.08 Å². The molecule has 0 amide bonds. The quantitative estimate of drug-likeness (QED) is 0.661. The standard InChI is InChI=1S/C13H23NO/c1-12(2,3)14(13(4,5)6)10-8-7-9-11(10)15/h8H,7,9H2,1-6H3. The first-order chi connectivity index (χ1) is 6.64. The summed E-state index contributed by atoms with van der Waals surface area (Å²) in [7, 11) is 0. The van der Waals surface area contributed by atoms with E-state index in [0.717, 1.165) is 12.1 Å². The van der Waals surface area contributed by atoms with Crippen molar-refractivity contribution in [2.75, 3.05) is 0 Å². The molecule has 0 bridgehead atoms. The maximum Gasteiger partial charge on any atom is 0.178 e. The van der Waals surface area contributed by atoms with Gasteiger partial charge >= 0.3 is 0 Å². The van der Waals surface area contributed by atoms with Crippen LogP contribution in [0.4, 0.5) is 0 Å². The van der Waals surface area contributed by atoms with Crippen LogP contribution in [0.25, 0.3) is 0 Å². The predicted molar refractivity (Wildman–Crippen MR) is 63.7 cm³/mol. The second-order valence-corrected chi connectivity index (χ2v) is 6.23. The number of ketones is 1. The fourth-order valence-corrected chi connectivity index (χ4v) is 2.53. The van der Waals surface area contributed by atoms with Crippen LogP contribution in [0.5, 0.6) is 0 Å². The van der Waals surface area contributed by atoms with Crippen LogP contribution < -0.4 is 0 Å². The molecule has 15 heavy (non-hydrogen) atoms. The van der Waals surface area contributed by atoms with Gasteiger partial charge in [-0.15, -0.1) is 0 Å². The lowest BCUT2D eigenvalue weighted by Crippen LogP contribution is -2.52. The minimum Gasteiger partial charge on any atom is -0.359 e. The molecule has 1 aliphatic rings. The van der Waals surface area contributed by atoms with Gasteiger partial charge in [-0.05, 0) is 48.0 Å². The number of Topliss-reactive ketones (excluding diaryl/α,β-unsaturated/α-hetero) is 1. The van der Waals surface area contributed by atoms with Crippen molar-refractivity contribution in [2.24, 2.45) is 0 Å². The highest BCUT2D eigenvalue weighted by molar-refractivity contribution is 5.97. The zero-order chi connectivity index (χ0) is 11.9. The highest BCUT2D eigenvalue weighted by atomic mass is 16.1. The Balaban J connectivity index is 3.08. The fraction of sp³-hybridized carbons (Fsp3) is 0.769. The van der Waals surface area contributed by atoms with E-state index < -0.39 is 0 Å². The number of nitrogens with zero attached hydrogens (tertiary/aromatic N) is 1. The van der Waals surface area contributed by atoms with E-state index >= 15 is 0 Å². The zero-order valence-electron chi connectivity index (χ0n) is 10.8. The van der Waals surface area contributed by atoms with E-state index in [-0.39, 0.29) is 11.1 Å². The minimum absolute atomic E-state index is 0.00984. The summed E-state index contributed by atoms with van der Waals surface area (Å²) in [5, 5.41) is 0. The number of carbonyl (C=O) groups excluding carboxylic acids is 1. The normalized spacial score (nSPS) is 18.0. The van der Waals surface area contributed by atoms with E-state index in [1.165, 1.54) is 0 Å². The molecule has 0 aromatic carbocycles. The third-order valence-corrected chi connectivity index (χ3v) is 2.58. The van der Waals surface area contributed by atoms with Gasteiger partial charge in [0.25, 0.3) is 0 Å². The lowest BCUT2D eigenvalue weighted by Gasteiger charge is -2.47. The highest BCUT2D eigenvalue weighted by Gasteiger charge is 2.36. The first kappa shape index (κ1) is 12.3. The third-order valence-electron chi connectivity index (χ3n) is 2.58. The van der Waals surface area contributed by atoms with Crippen molar-refractivity contribution in [3.8, 4) is 0 Å². The van der Waals surface area contributed by atoms with Crippen LogP contribution in [0.2, 0.25) is 0 Å². The lowest BCUT2D eigenvalue weighted by atomic mass is 9.94. The Labute approximate surface area is 93.3 Å². The summed E-state index contributed by atoms with van der Waals surface area (Å²) in [5.74, 6) is 0.292. The van der Waals surface area contributed by atoms with Crippen LogP contribution in [-0.2, 0) is 4.79 Å². The number of carbonyl (C=O) groups is 1. The molecule has 0 spiro atoms. The van der Waals surface area contributed by atoms with Gasteiger partial charge in [0, 0.05) is 17.5 Å². The Morgan fingerprint density at radius 3 is 1.80 bits per heavy atom. The van der Waals surface area contributed by atoms with Crippen LogP contribution in [0.15, 0.2) is 11.8 Å². The van der Waals surface area contributed by atoms with Gasteiger partial charge in [0.2, 0.25) is 0 Å². The molecule has 0 aliphatic heterocycles. The molecule has 0 fully saturated rings. The largest absolute Gasteiger partial charge is 0.359 e.